The monoisotopic (exact) mass is 643 g/mol. The van der Waals surface area contributed by atoms with E-state index in [1.807, 2.05) is 13.8 Å². The van der Waals surface area contributed by atoms with Gasteiger partial charge in [0.25, 0.3) is 0 Å². The average Bonchev–Trinajstić information content (AvgIpc) is 2.93. The van der Waals surface area contributed by atoms with Crippen molar-refractivity contribution in [2.24, 2.45) is 22.2 Å². The highest BCUT2D eigenvalue weighted by atomic mass is 32.7. The molecule has 0 radical (unpaired) electrons. The lowest BCUT2D eigenvalue weighted by Gasteiger charge is -2.42. The van der Waals surface area contributed by atoms with E-state index in [0.717, 1.165) is 6.42 Å². The molecule has 2 heteroatoms. The van der Waals surface area contributed by atoms with Gasteiger partial charge in [0, 0.05) is 5.92 Å². The number of thiol groups is 1. The van der Waals surface area contributed by atoms with Crippen LogP contribution in [0.15, 0.2) is 35.9 Å². The molecule has 0 amide bonds. The topological polar surface area (TPSA) is 0 Å². The number of allylic oxidation sites excluding steroid dienone is 3. The SMILES string of the molecule is C=C(Cc1cc(CCCCC)cc(C)c1C1C=C(C)CCC1C(C)(C)C)C1(CP(C)S)CCCCC1.CC.CCC(C)(C)C. The summed E-state index contributed by atoms with van der Waals surface area (Å²) in [5.41, 5.74) is 10.5. The van der Waals surface area contributed by atoms with Crippen LogP contribution in [0.5, 0.6) is 0 Å². The Morgan fingerprint density at radius 1 is 0.977 bits per heavy atom. The molecule has 0 heterocycles. The summed E-state index contributed by atoms with van der Waals surface area (Å²) in [5, 5.41) is 0. The second-order valence-corrected chi connectivity index (χ2v) is 20.0. The number of benzene rings is 1. The Kier molecular flexibility index (Phi) is 18.2. The van der Waals surface area contributed by atoms with Gasteiger partial charge in [-0.1, -0.05) is 151 Å². The first-order valence-electron chi connectivity index (χ1n) is 18.4. The van der Waals surface area contributed by atoms with Gasteiger partial charge in [-0.15, -0.1) is 0 Å². The largest absolute Gasteiger partial charge is 0.151 e. The van der Waals surface area contributed by atoms with Gasteiger partial charge in [0.15, 0.2) is 0 Å². The molecule has 0 nitrogen and oxygen atoms in total. The predicted octanol–water partition coefficient (Wildman–Crippen LogP) is 14.7. The maximum absolute atomic E-state index is 4.94. The predicted molar refractivity (Wildman–Crippen MR) is 209 cm³/mol. The lowest BCUT2D eigenvalue weighted by Crippen LogP contribution is -2.31. The molecule has 0 aromatic heterocycles. The molecular weight excluding hydrogens is 568 g/mol. The van der Waals surface area contributed by atoms with Crippen molar-refractivity contribution in [3.8, 4) is 0 Å². The van der Waals surface area contributed by atoms with Crippen molar-refractivity contribution in [3.63, 3.8) is 0 Å². The van der Waals surface area contributed by atoms with E-state index in [1.54, 1.807) is 22.3 Å². The molecule has 254 valence electrons. The third-order valence-electron chi connectivity index (χ3n) is 10.4. The molecule has 3 rings (SSSR count). The van der Waals surface area contributed by atoms with Gasteiger partial charge >= 0.3 is 0 Å². The van der Waals surface area contributed by atoms with Crippen molar-refractivity contribution in [3.05, 3.63) is 58.2 Å². The molecule has 0 saturated heterocycles. The standard InChI is InChI=1S/C34H55PS.C6H14.C2H6/c1-9-10-12-15-28-21-26(3)32(30-20-25(2)16-17-31(30)33(5,6)7)29(23-28)22-27(4)34(24-35(8)36)18-13-11-14-19-34;1-5-6(2,3)4;1-2/h20-21,23,30-31,36H,4,9-19,22,24H2,1-3,5-8H3;5H2,1-4H3;1-2H3. The minimum Gasteiger partial charge on any atom is -0.151 e. The molecule has 2 aliphatic carbocycles. The Balaban J connectivity index is 0.00000108. The van der Waals surface area contributed by atoms with Crippen molar-refractivity contribution in [2.75, 3.05) is 12.8 Å². The first-order valence-corrected chi connectivity index (χ1v) is 21.5. The number of unbranched alkanes of at least 4 members (excludes halogenated alkanes) is 2. The minimum atomic E-state index is -0.226. The Hall–Kier alpha value is -0.520. The molecule has 44 heavy (non-hydrogen) atoms. The molecule has 0 bridgehead atoms. The van der Waals surface area contributed by atoms with Crippen LogP contribution in [0.4, 0.5) is 0 Å². The van der Waals surface area contributed by atoms with Crippen LogP contribution in [-0.4, -0.2) is 12.8 Å². The Morgan fingerprint density at radius 2 is 1.57 bits per heavy atom. The fourth-order valence-electron chi connectivity index (χ4n) is 7.33. The molecule has 1 saturated carbocycles. The summed E-state index contributed by atoms with van der Waals surface area (Å²) in [6.07, 6.45) is 20.6. The Labute approximate surface area is 284 Å². The molecule has 1 aromatic rings. The van der Waals surface area contributed by atoms with Crippen LogP contribution in [0.1, 0.15) is 175 Å². The molecule has 0 spiro atoms. The molecule has 3 unspecified atom stereocenters. The van der Waals surface area contributed by atoms with Crippen LogP contribution in [0, 0.1) is 29.1 Å². The zero-order valence-corrected chi connectivity index (χ0v) is 33.7. The molecule has 3 atom stereocenters. The minimum absolute atomic E-state index is 0.226. The Morgan fingerprint density at radius 3 is 2.07 bits per heavy atom. The number of aryl methyl sites for hydroxylation is 2. The number of rotatable bonds is 10. The van der Waals surface area contributed by atoms with Crippen LogP contribution in [0.25, 0.3) is 0 Å². The van der Waals surface area contributed by atoms with Crippen LogP contribution in [0.3, 0.4) is 0 Å². The number of hydrogen-bond acceptors (Lipinski definition) is 1. The summed E-state index contributed by atoms with van der Waals surface area (Å²) < 4.78 is 0. The number of hydrogen-bond donors (Lipinski definition) is 1. The van der Waals surface area contributed by atoms with E-state index in [4.69, 9.17) is 18.8 Å². The van der Waals surface area contributed by atoms with Crippen molar-refractivity contribution in [1.82, 2.24) is 0 Å². The average molecular weight is 643 g/mol. The maximum Gasteiger partial charge on any atom is 0.00594 e. The van der Waals surface area contributed by atoms with E-state index in [0.29, 0.717) is 28.1 Å². The Bertz CT molecular complexity index is 1010. The van der Waals surface area contributed by atoms with Gasteiger partial charge in [0.1, 0.15) is 0 Å². The van der Waals surface area contributed by atoms with E-state index in [9.17, 15) is 0 Å². The fraction of sp³-hybridized carbons (Fsp3) is 0.762. The lowest BCUT2D eigenvalue weighted by atomic mass is 9.63. The van der Waals surface area contributed by atoms with Crippen LogP contribution >= 0.6 is 19.4 Å². The second-order valence-electron chi connectivity index (χ2n) is 16.3. The molecule has 0 N–H and O–H groups in total. The van der Waals surface area contributed by atoms with Gasteiger partial charge in [0.2, 0.25) is 0 Å². The van der Waals surface area contributed by atoms with E-state index in [-0.39, 0.29) is 7.12 Å². The first kappa shape index (κ1) is 41.5. The lowest BCUT2D eigenvalue weighted by molar-refractivity contribution is 0.197. The van der Waals surface area contributed by atoms with Gasteiger partial charge < -0.3 is 0 Å². The van der Waals surface area contributed by atoms with Crippen molar-refractivity contribution in [1.29, 1.82) is 0 Å². The summed E-state index contributed by atoms with van der Waals surface area (Å²) in [6, 6.07) is 5.14. The summed E-state index contributed by atoms with van der Waals surface area (Å²) in [4.78, 5) is 0. The molecular formula is C42H75PS. The summed E-state index contributed by atoms with van der Waals surface area (Å²) >= 11 is 4.94. The third-order valence-corrected chi connectivity index (χ3v) is 11.8. The molecule has 1 fully saturated rings. The van der Waals surface area contributed by atoms with Gasteiger partial charge in [-0.2, -0.15) is 12.2 Å². The van der Waals surface area contributed by atoms with Gasteiger partial charge in [0.05, 0.1) is 0 Å². The highest BCUT2D eigenvalue weighted by molar-refractivity contribution is 8.45. The van der Waals surface area contributed by atoms with E-state index < -0.39 is 0 Å². The molecule has 0 aliphatic heterocycles. The maximum atomic E-state index is 4.94. The summed E-state index contributed by atoms with van der Waals surface area (Å²) in [6.45, 7) is 34.6. The van der Waals surface area contributed by atoms with Crippen molar-refractivity contribution in [2.45, 2.75) is 172 Å². The van der Waals surface area contributed by atoms with Gasteiger partial charge in [-0.3, -0.25) is 0 Å². The van der Waals surface area contributed by atoms with Crippen molar-refractivity contribution >= 4 is 19.4 Å². The molecule has 2 aliphatic rings. The van der Waals surface area contributed by atoms with E-state index in [2.05, 4.69) is 94.1 Å². The fourth-order valence-corrected chi connectivity index (χ4v) is 9.56. The quantitative estimate of drug-likeness (QED) is 0.112. The highest BCUT2D eigenvalue weighted by Gasteiger charge is 2.38. The summed E-state index contributed by atoms with van der Waals surface area (Å²) in [7, 11) is -0.226. The second kappa shape index (κ2) is 19.3. The van der Waals surface area contributed by atoms with E-state index in [1.165, 1.54) is 94.3 Å². The smallest absolute Gasteiger partial charge is 0.00594 e. The van der Waals surface area contributed by atoms with Gasteiger partial charge in [-0.05, 0) is 116 Å². The zero-order chi connectivity index (χ0) is 33.7. The van der Waals surface area contributed by atoms with Crippen molar-refractivity contribution < 1.29 is 0 Å². The normalized spacial score (nSPS) is 20.8. The van der Waals surface area contributed by atoms with Crippen LogP contribution < -0.4 is 0 Å². The third kappa shape index (κ3) is 13.3. The highest BCUT2D eigenvalue weighted by Crippen LogP contribution is 2.53. The van der Waals surface area contributed by atoms with Crippen LogP contribution in [-0.2, 0) is 12.8 Å². The van der Waals surface area contributed by atoms with E-state index >= 15 is 0 Å². The zero-order valence-electron chi connectivity index (χ0n) is 31.9. The first-order chi connectivity index (χ1) is 20.5. The molecule has 1 aromatic carbocycles. The van der Waals surface area contributed by atoms with Gasteiger partial charge in [-0.25, -0.2) is 0 Å². The van der Waals surface area contributed by atoms with Crippen LogP contribution in [0.2, 0.25) is 0 Å². The summed E-state index contributed by atoms with van der Waals surface area (Å²) in [5.74, 6) is 1.20.